The van der Waals surface area contributed by atoms with E-state index in [1.165, 1.54) is 54.2 Å². The Kier molecular flexibility index (Phi) is 8.74. The molecule has 8 rings (SSSR count). The quantitative estimate of drug-likeness (QED) is 0.102. The van der Waals surface area contributed by atoms with Crippen LogP contribution < -0.4 is 20.1 Å². The summed E-state index contributed by atoms with van der Waals surface area (Å²) >= 11 is 0. The Morgan fingerprint density at radius 3 is 1.12 bits per heavy atom. The summed E-state index contributed by atoms with van der Waals surface area (Å²) in [5, 5.41) is 17.3. The van der Waals surface area contributed by atoms with Crippen molar-refractivity contribution in [3.05, 3.63) is 181 Å². The summed E-state index contributed by atoms with van der Waals surface area (Å²) in [5.41, 5.74) is 5.26. The molecule has 0 heterocycles. The number of rotatable bonds is 12. The lowest BCUT2D eigenvalue weighted by Crippen LogP contribution is -2.11. The molecule has 0 unspecified atom stereocenters. The van der Waals surface area contributed by atoms with Crippen LogP contribution in [0.25, 0.3) is 43.1 Å². The fraction of sp³-hybridized carbons (Fsp3) is 0.0870. The Morgan fingerprint density at radius 2 is 0.740 bits per heavy atom. The molecule has 2 N–H and O–H groups in total. The first-order valence-electron chi connectivity index (χ1n) is 17.1. The molecule has 0 aromatic heterocycles. The van der Waals surface area contributed by atoms with Crippen molar-refractivity contribution >= 4 is 54.5 Å². The van der Waals surface area contributed by atoms with Gasteiger partial charge in [-0.25, -0.2) is 0 Å². The Hall–Kier alpha value is -6.26. The van der Waals surface area contributed by atoms with Crippen LogP contribution in [-0.4, -0.2) is 13.2 Å². The van der Waals surface area contributed by atoms with Gasteiger partial charge in [-0.05, 0) is 96.2 Å². The monoisotopic (exact) mass is 650 g/mol. The number of para-hydroxylation sites is 4. The van der Waals surface area contributed by atoms with Crippen LogP contribution in [0.2, 0.25) is 0 Å². The molecule has 0 fully saturated rings. The molecule has 0 amide bonds. The lowest BCUT2D eigenvalue weighted by molar-refractivity contribution is 0.303. The molecule has 4 nitrogen and oxygen atoms in total. The van der Waals surface area contributed by atoms with Gasteiger partial charge in [0.1, 0.15) is 24.7 Å². The number of hydrogen-bond acceptors (Lipinski definition) is 4. The van der Waals surface area contributed by atoms with Gasteiger partial charge in [-0.3, -0.25) is 0 Å². The summed E-state index contributed by atoms with van der Waals surface area (Å²) in [6.07, 6.45) is 0. The van der Waals surface area contributed by atoms with E-state index in [0.717, 1.165) is 28.4 Å². The van der Waals surface area contributed by atoms with Crippen LogP contribution in [0.5, 0.6) is 11.5 Å². The Morgan fingerprint density at radius 1 is 0.420 bits per heavy atom. The SMILES string of the molecule is C=C(COc1ccccc1NCc1c2ccccc2cc2ccccc12)COc1ccccc1NCc1c2ccccc2cc2ccccc12. The van der Waals surface area contributed by atoms with E-state index in [2.05, 4.69) is 139 Å². The summed E-state index contributed by atoms with van der Waals surface area (Å²) in [6, 6.07) is 55.0. The van der Waals surface area contributed by atoms with E-state index in [0.29, 0.717) is 26.3 Å². The van der Waals surface area contributed by atoms with Crippen molar-refractivity contribution in [2.45, 2.75) is 13.1 Å². The maximum absolute atomic E-state index is 6.31. The van der Waals surface area contributed by atoms with Crippen molar-refractivity contribution in [1.29, 1.82) is 0 Å². The standard InChI is InChI=1S/C46H38N2O2/c1-32(30-49-45-24-12-10-22-43(45)47-28-41-37-18-6-2-14-33(37)26-34-15-3-7-19-38(34)41)31-50-46-25-13-11-23-44(46)48-29-42-39-20-8-4-16-35(39)27-36-17-5-9-21-40(36)42/h2-27,47-48H,1,28-31H2. The van der Waals surface area contributed by atoms with Crippen LogP contribution in [0.1, 0.15) is 11.1 Å². The van der Waals surface area contributed by atoms with Gasteiger partial charge in [0.2, 0.25) is 0 Å². The number of nitrogens with one attached hydrogen (secondary N) is 2. The molecule has 8 aromatic carbocycles. The molecule has 244 valence electrons. The highest BCUT2D eigenvalue weighted by atomic mass is 16.5. The van der Waals surface area contributed by atoms with Crippen LogP contribution in [0.4, 0.5) is 11.4 Å². The van der Waals surface area contributed by atoms with Gasteiger partial charge in [-0.2, -0.15) is 0 Å². The van der Waals surface area contributed by atoms with Gasteiger partial charge in [-0.1, -0.05) is 128 Å². The second kappa shape index (κ2) is 14.1. The molecule has 0 aliphatic rings. The number of hydrogen-bond donors (Lipinski definition) is 2. The maximum atomic E-state index is 6.31. The number of fused-ring (bicyclic) bond motifs is 4. The number of benzene rings is 8. The van der Waals surface area contributed by atoms with Gasteiger partial charge >= 0.3 is 0 Å². The summed E-state index contributed by atoms with van der Waals surface area (Å²) in [6.45, 7) is 6.30. The molecule has 0 aliphatic heterocycles. The molecule has 4 heteroatoms. The van der Waals surface area contributed by atoms with Crippen LogP contribution in [0.3, 0.4) is 0 Å². The van der Waals surface area contributed by atoms with Gasteiger partial charge < -0.3 is 20.1 Å². The normalized spacial score (nSPS) is 11.2. The summed E-state index contributed by atoms with van der Waals surface area (Å²) in [5.74, 6) is 1.56. The molecule has 0 saturated heterocycles. The third-order valence-electron chi connectivity index (χ3n) is 9.31. The first-order valence-corrected chi connectivity index (χ1v) is 17.1. The topological polar surface area (TPSA) is 42.5 Å². The van der Waals surface area contributed by atoms with E-state index >= 15 is 0 Å². The molecule has 8 aromatic rings. The van der Waals surface area contributed by atoms with Crippen molar-refractivity contribution in [3.8, 4) is 11.5 Å². The van der Waals surface area contributed by atoms with Gasteiger partial charge in [-0.15, -0.1) is 0 Å². The van der Waals surface area contributed by atoms with Crippen molar-refractivity contribution < 1.29 is 9.47 Å². The van der Waals surface area contributed by atoms with Crippen molar-refractivity contribution in [1.82, 2.24) is 0 Å². The van der Waals surface area contributed by atoms with E-state index < -0.39 is 0 Å². The molecular formula is C46H38N2O2. The van der Waals surface area contributed by atoms with E-state index in [1.54, 1.807) is 0 Å². The average Bonchev–Trinajstić information content (AvgIpc) is 3.17. The van der Waals surface area contributed by atoms with Crippen molar-refractivity contribution in [3.63, 3.8) is 0 Å². The first kappa shape index (κ1) is 31.0. The van der Waals surface area contributed by atoms with Crippen molar-refractivity contribution in [2.24, 2.45) is 0 Å². The van der Waals surface area contributed by atoms with Gasteiger partial charge in [0, 0.05) is 13.1 Å². The Labute approximate surface area is 292 Å². The molecule has 0 radical (unpaired) electrons. The van der Waals surface area contributed by atoms with E-state index in [-0.39, 0.29) is 0 Å². The fourth-order valence-corrected chi connectivity index (χ4v) is 6.84. The highest BCUT2D eigenvalue weighted by Gasteiger charge is 2.12. The predicted octanol–water partition coefficient (Wildman–Crippen LogP) is 11.5. The molecule has 0 atom stereocenters. The summed E-state index contributed by atoms with van der Waals surface area (Å²) in [7, 11) is 0. The molecule has 0 saturated carbocycles. The lowest BCUT2D eigenvalue weighted by Gasteiger charge is -2.18. The van der Waals surface area contributed by atoms with Gasteiger partial charge in [0.05, 0.1) is 11.4 Å². The minimum Gasteiger partial charge on any atom is -0.487 e. The van der Waals surface area contributed by atoms with Gasteiger partial charge in [0.25, 0.3) is 0 Å². The minimum absolute atomic E-state index is 0.341. The number of anilines is 2. The largest absolute Gasteiger partial charge is 0.487 e. The van der Waals surface area contributed by atoms with Gasteiger partial charge in [0.15, 0.2) is 0 Å². The lowest BCUT2D eigenvalue weighted by atomic mass is 9.96. The second-order valence-electron chi connectivity index (χ2n) is 12.6. The zero-order valence-corrected chi connectivity index (χ0v) is 27.9. The first-order chi connectivity index (χ1) is 24.7. The zero-order valence-electron chi connectivity index (χ0n) is 27.9. The molecule has 0 bridgehead atoms. The summed E-state index contributed by atoms with van der Waals surface area (Å²) < 4.78 is 12.6. The van der Waals surface area contributed by atoms with Crippen LogP contribution >= 0.6 is 0 Å². The summed E-state index contributed by atoms with van der Waals surface area (Å²) in [4.78, 5) is 0. The van der Waals surface area contributed by atoms with Crippen molar-refractivity contribution in [2.75, 3.05) is 23.8 Å². The third kappa shape index (κ3) is 6.44. The molecule has 0 spiro atoms. The van der Waals surface area contributed by atoms with Crippen LogP contribution in [0, 0.1) is 0 Å². The van der Waals surface area contributed by atoms with Crippen LogP contribution in [0.15, 0.2) is 170 Å². The third-order valence-corrected chi connectivity index (χ3v) is 9.31. The highest BCUT2D eigenvalue weighted by Crippen LogP contribution is 2.33. The fourth-order valence-electron chi connectivity index (χ4n) is 6.84. The number of ether oxygens (including phenoxy) is 2. The molecule has 0 aliphatic carbocycles. The van der Waals surface area contributed by atoms with Crippen LogP contribution in [-0.2, 0) is 13.1 Å². The Bertz CT molecular complexity index is 2200. The second-order valence-corrected chi connectivity index (χ2v) is 12.6. The highest BCUT2D eigenvalue weighted by molar-refractivity contribution is 6.03. The molecular weight excluding hydrogens is 613 g/mol. The maximum Gasteiger partial charge on any atom is 0.142 e. The average molecular weight is 651 g/mol. The van der Waals surface area contributed by atoms with E-state index in [1.807, 2.05) is 36.4 Å². The minimum atomic E-state index is 0.341. The van der Waals surface area contributed by atoms with E-state index in [9.17, 15) is 0 Å². The molecule has 50 heavy (non-hydrogen) atoms. The Balaban J connectivity index is 0.926. The zero-order chi connectivity index (χ0) is 33.7. The van der Waals surface area contributed by atoms with E-state index in [4.69, 9.17) is 9.47 Å². The predicted molar refractivity (Wildman–Crippen MR) is 211 cm³/mol. The smallest absolute Gasteiger partial charge is 0.142 e.